The van der Waals surface area contributed by atoms with Crippen molar-refractivity contribution in [3.05, 3.63) is 24.3 Å². The Kier molecular flexibility index (Phi) is 3.57. The SMILES string of the molecule is CCCCN1CCS(=O)(=O)Nc2ccccc21. The first kappa shape index (κ1) is 12.2. The van der Waals surface area contributed by atoms with E-state index in [0.717, 1.165) is 25.1 Å². The number of anilines is 2. The van der Waals surface area contributed by atoms with Crippen LogP contribution >= 0.6 is 0 Å². The Morgan fingerprint density at radius 2 is 2.12 bits per heavy atom. The first-order chi connectivity index (χ1) is 8.12. The largest absolute Gasteiger partial charge is 0.369 e. The minimum atomic E-state index is -3.18. The third-order valence-corrected chi connectivity index (χ3v) is 4.17. The highest BCUT2D eigenvalue weighted by Gasteiger charge is 2.21. The van der Waals surface area contributed by atoms with Crippen LogP contribution in [0, 0.1) is 0 Å². The van der Waals surface area contributed by atoms with Gasteiger partial charge in [-0.2, -0.15) is 0 Å². The molecule has 0 radical (unpaired) electrons. The van der Waals surface area contributed by atoms with E-state index in [9.17, 15) is 8.42 Å². The summed E-state index contributed by atoms with van der Waals surface area (Å²) in [6, 6.07) is 7.58. The number of hydrogen-bond donors (Lipinski definition) is 1. The minimum Gasteiger partial charge on any atom is -0.369 e. The van der Waals surface area contributed by atoms with Crippen molar-refractivity contribution in [2.75, 3.05) is 28.5 Å². The predicted octanol–water partition coefficient (Wildman–Crippen LogP) is 2.05. The number of sulfonamides is 1. The Balaban J connectivity index is 2.32. The van der Waals surface area contributed by atoms with Crippen LogP contribution in [0.2, 0.25) is 0 Å². The summed E-state index contributed by atoms with van der Waals surface area (Å²) in [5, 5.41) is 0. The number of para-hydroxylation sites is 2. The molecule has 17 heavy (non-hydrogen) atoms. The molecule has 0 spiro atoms. The van der Waals surface area contributed by atoms with Gasteiger partial charge in [0.05, 0.1) is 17.1 Å². The molecule has 1 aromatic carbocycles. The minimum absolute atomic E-state index is 0.158. The van der Waals surface area contributed by atoms with Crippen molar-refractivity contribution < 1.29 is 8.42 Å². The third-order valence-electron chi connectivity index (χ3n) is 2.92. The molecule has 0 saturated carbocycles. The van der Waals surface area contributed by atoms with Gasteiger partial charge in [-0.1, -0.05) is 25.5 Å². The van der Waals surface area contributed by atoms with E-state index >= 15 is 0 Å². The lowest BCUT2D eigenvalue weighted by Crippen LogP contribution is -2.28. The fourth-order valence-electron chi connectivity index (χ4n) is 1.99. The summed E-state index contributed by atoms with van der Waals surface area (Å²) in [6.07, 6.45) is 2.19. The Morgan fingerprint density at radius 3 is 2.88 bits per heavy atom. The van der Waals surface area contributed by atoms with Crippen LogP contribution in [-0.4, -0.2) is 27.3 Å². The zero-order valence-corrected chi connectivity index (χ0v) is 10.8. The molecule has 0 atom stereocenters. The monoisotopic (exact) mass is 254 g/mol. The van der Waals surface area contributed by atoms with Crippen LogP contribution in [0.3, 0.4) is 0 Å². The second kappa shape index (κ2) is 4.96. The summed E-state index contributed by atoms with van der Waals surface area (Å²) in [5.74, 6) is 0.158. The molecule has 0 bridgehead atoms. The van der Waals surface area contributed by atoms with Gasteiger partial charge in [0, 0.05) is 13.1 Å². The lowest BCUT2D eigenvalue weighted by atomic mass is 10.2. The summed E-state index contributed by atoms with van der Waals surface area (Å²) in [7, 11) is -3.18. The molecule has 1 aromatic rings. The van der Waals surface area contributed by atoms with Crippen molar-refractivity contribution in [3.8, 4) is 0 Å². The van der Waals surface area contributed by atoms with Crippen molar-refractivity contribution in [2.24, 2.45) is 0 Å². The average Bonchev–Trinajstić information content (AvgIpc) is 2.42. The topological polar surface area (TPSA) is 49.4 Å². The van der Waals surface area contributed by atoms with E-state index in [0.29, 0.717) is 12.2 Å². The molecule has 1 aliphatic heterocycles. The number of unbranched alkanes of at least 4 members (excludes halogenated alkanes) is 1. The quantitative estimate of drug-likeness (QED) is 0.898. The van der Waals surface area contributed by atoms with Gasteiger partial charge in [-0.05, 0) is 18.6 Å². The first-order valence-electron chi connectivity index (χ1n) is 5.97. The lowest BCUT2D eigenvalue weighted by molar-refractivity contribution is 0.600. The Morgan fingerprint density at radius 1 is 1.35 bits per heavy atom. The zero-order valence-electron chi connectivity index (χ0n) is 10.0. The highest BCUT2D eigenvalue weighted by Crippen LogP contribution is 2.29. The van der Waals surface area contributed by atoms with Crippen LogP contribution in [-0.2, 0) is 10.0 Å². The predicted molar refractivity (Wildman–Crippen MR) is 71.0 cm³/mol. The van der Waals surface area contributed by atoms with E-state index in [1.165, 1.54) is 0 Å². The molecule has 0 saturated heterocycles. The molecule has 2 rings (SSSR count). The smallest absolute Gasteiger partial charge is 0.234 e. The molecule has 4 nitrogen and oxygen atoms in total. The molecule has 0 unspecified atom stereocenters. The average molecular weight is 254 g/mol. The number of nitrogens with one attached hydrogen (secondary N) is 1. The molecule has 0 aliphatic carbocycles. The maximum Gasteiger partial charge on any atom is 0.234 e. The number of rotatable bonds is 3. The maximum absolute atomic E-state index is 11.7. The van der Waals surface area contributed by atoms with Crippen LogP contribution in [0.1, 0.15) is 19.8 Å². The van der Waals surface area contributed by atoms with E-state index in [2.05, 4.69) is 16.5 Å². The van der Waals surface area contributed by atoms with E-state index in [1.54, 1.807) is 0 Å². The lowest BCUT2D eigenvalue weighted by Gasteiger charge is -2.23. The van der Waals surface area contributed by atoms with Gasteiger partial charge in [0.25, 0.3) is 0 Å². The molecule has 94 valence electrons. The summed E-state index contributed by atoms with van der Waals surface area (Å²) in [4.78, 5) is 2.15. The number of benzene rings is 1. The number of nitrogens with zero attached hydrogens (tertiary/aromatic N) is 1. The van der Waals surface area contributed by atoms with Gasteiger partial charge in [0.2, 0.25) is 10.0 Å². The Bertz CT molecular complexity index is 485. The van der Waals surface area contributed by atoms with Gasteiger partial charge >= 0.3 is 0 Å². The van der Waals surface area contributed by atoms with Crippen molar-refractivity contribution >= 4 is 21.4 Å². The van der Waals surface area contributed by atoms with Crippen molar-refractivity contribution in [1.82, 2.24) is 0 Å². The van der Waals surface area contributed by atoms with Crippen molar-refractivity contribution in [2.45, 2.75) is 19.8 Å². The van der Waals surface area contributed by atoms with Gasteiger partial charge in [0.15, 0.2) is 0 Å². The highest BCUT2D eigenvalue weighted by atomic mass is 32.2. The first-order valence-corrected chi connectivity index (χ1v) is 7.62. The normalized spacial score (nSPS) is 18.1. The molecular weight excluding hydrogens is 236 g/mol. The van der Waals surface area contributed by atoms with Crippen molar-refractivity contribution in [3.63, 3.8) is 0 Å². The van der Waals surface area contributed by atoms with Gasteiger partial charge in [-0.25, -0.2) is 8.42 Å². The summed E-state index contributed by atoms with van der Waals surface area (Å²) >= 11 is 0. The molecule has 1 N–H and O–H groups in total. The van der Waals surface area contributed by atoms with Crippen LogP contribution in [0.25, 0.3) is 0 Å². The highest BCUT2D eigenvalue weighted by molar-refractivity contribution is 7.92. The standard InChI is InChI=1S/C12H18N2O2S/c1-2-3-8-14-9-10-17(15,16)13-11-6-4-5-7-12(11)14/h4-7,13H,2-3,8-10H2,1H3. The maximum atomic E-state index is 11.7. The fourth-order valence-corrected chi connectivity index (χ4v) is 3.06. The van der Waals surface area contributed by atoms with E-state index in [-0.39, 0.29) is 5.75 Å². The molecule has 0 amide bonds. The van der Waals surface area contributed by atoms with Crippen molar-refractivity contribution in [1.29, 1.82) is 0 Å². The van der Waals surface area contributed by atoms with E-state index < -0.39 is 10.0 Å². The summed E-state index contributed by atoms with van der Waals surface area (Å²) < 4.78 is 26.1. The molecule has 1 aliphatic rings. The van der Waals surface area contributed by atoms with E-state index in [4.69, 9.17) is 0 Å². The second-order valence-corrected chi connectivity index (χ2v) is 6.12. The van der Waals surface area contributed by atoms with E-state index in [1.807, 2.05) is 24.3 Å². The third kappa shape index (κ3) is 2.91. The fraction of sp³-hybridized carbons (Fsp3) is 0.500. The van der Waals surface area contributed by atoms with Gasteiger partial charge < -0.3 is 4.90 Å². The van der Waals surface area contributed by atoms with Gasteiger partial charge in [-0.3, -0.25) is 4.72 Å². The molecule has 0 fully saturated rings. The number of hydrogen-bond acceptors (Lipinski definition) is 3. The zero-order chi connectivity index (χ0) is 12.3. The van der Waals surface area contributed by atoms with Crippen LogP contribution in [0.15, 0.2) is 24.3 Å². The van der Waals surface area contributed by atoms with Crippen LogP contribution < -0.4 is 9.62 Å². The number of fused-ring (bicyclic) bond motifs is 1. The molecule has 5 heteroatoms. The second-order valence-electron chi connectivity index (χ2n) is 4.28. The summed E-state index contributed by atoms with van der Waals surface area (Å²) in [5.41, 5.74) is 1.68. The molecular formula is C12H18N2O2S. The molecule has 0 aromatic heterocycles. The Hall–Kier alpha value is -1.23. The summed E-state index contributed by atoms with van der Waals surface area (Å²) in [6.45, 7) is 3.61. The van der Waals surface area contributed by atoms with Gasteiger partial charge in [0.1, 0.15) is 0 Å². The van der Waals surface area contributed by atoms with Gasteiger partial charge in [-0.15, -0.1) is 0 Å². The van der Waals surface area contributed by atoms with Crippen LogP contribution in [0.5, 0.6) is 0 Å². The van der Waals surface area contributed by atoms with Crippen LogP contribution in [0.4, 0.5) is 11.4 Å². The molecule has 1 heterocycles. The Labute approximate surface area is 103 Å².